The molecule has 19 heavy (non-hydrogen) atoms. The van der Waals surface area contributed by atoms with Crippen LogP contribution in [-0.2, 0) is 0 Å². The lowest BCUT2D eigenvalue weighted by atomic mass is 10.3. The molecule has 2 rings (SSSR count). The lowest BCUT2D eigenvalue weighted by Gasteiger charge is -2.29. The average Bonchev–Trinajstić information content (AvgIpc) is 2.46. The third-order valence-corrected chi connectivity index (χ3v) is 4.38. The molecule has 1 atom stereocenters. The minimum Gasteiger partial charge on any atom is -0.496 e. The van der Waals surface area contributed by atoms with Gasteiger partial charge in [0.15, 0.2) is 0 Å². The Labute approximate surface area is 119 Å². The first-order valence-electron chi connectivity index (χ1n) is 6.66. The summed E-state index contributed by atoms with van der Waals surface area (Å²) in [5, 5.41) is 13.4. The summed E-state index contributed by atoms with van der Waals surface area (Å²) >= 11 is 1.65. The second-order valence-electron chi connectivity index (χ2n) is 4.67. The number of aliphatic hydroxyl groups is 1. The van der Waals surface area contributed by atoms with Crippen LogP contribution in [0.5, 0.6) is 5.75 Å². The fraction of sp³-hybridized carbons (Fsp3) is 0.571. The number of nitrogens with one attached hydrogen (secondary N) is 1. The number of β-amino-alcohol motifs (C(OH)–C–C–N with tert-alkyl or cyclic N) is 1. The highest BCUT2D eigenvalue weighted by Gasteiger charge is 2.15. The van der Waals surface area contributed by atoms with Crippen molar-refractivity contribution in [3.63, 3.8) is 0 Å². The van der Waals surface area contributed by atoms with Crippen molar-refractivity contribution in [2.75, 3.05) is 45.6 Å². The smallest absolute Gasteiger partial charge is 0.132 e. The van der Waals surface area contributed by atoms with E-state index in [2.05, 4.69) is 10.2 Å². The highest BCUT2D eigenvalue weighted by Crippen LogP contribution is 2.29. The zero-order valence-corrected chi connectivity index (χ0v) is 12.2. The molecule has 1 fully saturated rings. The predicted molar refractivity (Wildman–Crippen MR) is 79.0 cm³/mol. The van der Waals surface area contributed by atoms with Crippen LogP contribution in [0.15, 0.2) is 29.2 Å². The Hall–Kier alpha value is -0.750. The van der Waals surface area contributed by atoms with Crippen molar-refractivity contribution in [2.45, 2.75) is 11.0 Å². The molecule has 1 heterocycles. The van der Waals surface area contributed by atoms with Gasteiger partial charge in [-0.2, -0.15) is 0 Å². The molecule has 106 valence electrons. The Balaban J connectivity index is 1.77. The van der Waals surface area contributed by atoms with Gasteiger partial charge >= 0.3 is 0 Å². The Morgan fingerprint density at radius 1 is 1.37 bits per heavy atom. The number of thioether (sulfide) groups is 1. The van der Waals surface area contributed by atoms with E-state index in [4.69, 9.17) is 4.74 Å². The van der Waals surface area contributed by atoms with Gasteiger partial charge in [-0.25, -0.2) is 0 Å². The topological polar surface area (TPSA) is 44.7 Å². The molecule has 0 spiro atoms. The van der Waals surface area contributed by atoms with Crippen LogP contribution in [0.25, 0.3) is 0 Å². The molecule has 0 amide bonds. The second kappa shape index (κ2) is 7.75. The maximum atomic E-state index is 10.1. The van der Waals surface area contributed by atoms with Gasteiger partial charge in [-0.15, -0.1) is 11.8 Å². The fourth-order valence-electron chi connectivity index (χ4n) is 2.17. The molecule has 1 aromatic rings. The predicted octanol–water partition coefficient (Wildman–Crippen LogP) is 1.05. The van der Waals surface area contributed by atoms with E-state index in [0.717, 1.165) is 43.4 Å². The normalized spacial score (nSPS) is 18.2. The molecule has 1 aliphatic heterocycles. The van der Waals surface area contributed by atoms with Crippen LogP contribution in [0.2, 0.25) is 0 Å². The van der Waals surface area contributed by atoms with Gasteiger partial charge in [0, 0.05) is 43.4 Å². The van der Waals surface area contributed by atoms with Gasteiger partial charge in [-0.3, -0.25) is 4.90 Å². The molecule has 5 heteroatoms. The number of ether oxygens (including phenoxy) is 1. The Kier molecular flexibility index (Phi) is 5.97. The van der Waals surface area contributed by atoms with Crippen LogP contribution in [0.4, 0.5) is 0 Å². The lowest BCUT2D eigenvalue weighted by molar-refractivity contribution is 0.121. The quantitative estimate of drug-likeness (QED) is 0.764. The molecule has 1 saturated heterocycles. The molecule has 1 aromatic carbocycles. The number of rotatable bonds is 6. The van der Waals surface area contributed by atoms with Crippen molar-refractivity contribution in [3.05, 3.63) is 24.3 Å². The molecule has 0 radical (unpaired) electrons. The van der Waals surface area contributed by atoms with E-state index in [1.54, 1.807) is 18.9 Å². The van der Waals surface area contributed by atoms with Crippen molar-refractivity contribution >= 4 is 11.8 Å². The van der Waals surface area contributed by atoms with E-state index in [1.165, 1.54) is 0 Å². The summed E-state index contributed by atoms with van der Waals surface area (Å²) in [7, 11) is 1.68. The molecule has 0 saturated carbocycles. The minimum atomic E-state index is -0.298. The first-order chi connectivity index (χ1) is 9.29. The van der Waals surface area contributed by atoms with Crippen molar-refractivity contribution in [1.82, 2.24) is 10.2 Å². The van der Waals surface area contributed by atoms with Crippen LogP contribution in [0.1, 0.15) is 0 Å². The molecule has 1 aliphatic rings. The lowest BCUT2D eigenvalue weighted by Crippen LogP contribution is -2.46. The summed E-state index contributed by atoms with van der Waals surface area (Å²) in [6.45, 7) is 4.84. The number of para-hydroxylation sites is 1. The monoisotopic (exact) mass is 282 g/mol. The minimum absolute atomic E-state index is 0.298. The van der Waals surface area contributed by atoms with Crippen LogP contribution >= 0.6 is 11.8 Å². The number of methoxy groups -OCH3 is 1. The van der Waals surface area contributed by atoms with E-state index >= 15 is 0 Å². The van der Waals surface area contributed by atoms with Gasteiger partial charge in [0.2, 0.25) is 0 Å². The summed E-state index contributed by atoms with van der Waals surface area (Å²) in [4.78, 5) is 3.40. The summed E-state index contributed by atoms with van der Waals surface area (Å²) in [6, 6.07) is 7.93. The van der Waals surface area contributed by atoms with E-state index < -0.39 is 0 Å². The van der Waals surface area contributed by atoms with Crippen LogP contribution in [-0.4, -0.2) is 61.7 Å². The van der Waals surface area contributed by atoms with Crippen molar-refractivity contribution < 1.29 is 9.84 Å². The maximum Gasteiger partial charge on any atom is 0.132 e. The zero-order valence-electron chi connectivity index (χ0n) is 11.3. The molecule has 2 N–H and O–H groups in total. The Bertz CT molecular complexity index is 383. The van der Waals surface area contributed by atoms with Crippen molar-refractivity contribution in [1.29, 1.82) is 0 Å². The average molecular weight is 282 g/mol. The molecule has 0 aromatic heterocycles. The molecule has 0 bridgehead atoms. The van der Waals surface area contributed by atoms with Gasteiger partial charge in [0.1, 0.15) is 5.75 Å². The number of benzene rings is 1. The maximum absolute atomic E-state index is 10.1. The highest BCUT2D eigenvalue weighted by molar-refractivity contribution is 7.99. The van der Waals surface area contributed by atoms with E-state index in [1.807, 2.05) is 24.3 Å². The van der Waals surface area contributed by atoms with Crippen LogP contribution in [0.3, 0.4) is 0 Å². The first kappa shape index (κ1) is 14.7. The summed E-state index contributed by atoms with van der Waals surface area (Å²) < 4.78 is 5.31. The summed E-state index contributed by atoms with van der Waals surface area (Å²) in [6.07, 6.45) is -0.298. The molecule has 0 aliphatic carbocycles. The largest absolute Gasteiger partial charge is 0.496 e. The summed E-state index contributed by atoms with van der Waals surface area (Å²) in [5.74, 6) is 1.58. The van der Waals surface area contributed by atoms with E-state index in [9.17, 15) is 5.11 Å². The van der Waals surface area contributed by atoms with Crippen molar-refractivity contribution in [2.24, 2.45) is 0 Å². The van der Waals surface area contributed by atoms with Crippen molar-refractivity contribution in [3.8, 4) is 5.75 Å². The second-order valence-corrected chi connectivity index (χ2v) is 5.73. The van der Waals surface area contributed by atoms with Gasteiger partial charge in [-0.1, -0.05) is 12.1 Å². The fourth-order valence-corrected chi connectivity index (χ4v) is 3.11. The Morgan fingerprint density at radius 3 is 2.84 bits per heavy atom. The SMILES string of the molecule is COc1ccccc1SCC(O)CN1CCNCC1. The molecular weight excluding hydrogens is 260 g/mol. The third-order valence-electron chi connectivity index (χ3n) is 3.18. The van der Waals surface area contributed by atoms with Gasteiger partial charge in [0.25, 0.3) is 0 Å². The summed E-state index contributed by atoms with van der Waals surface area (Å²) in [5.41, 5.74) is 0. The van der Waals surface area contributed by atoms with Gasteiger partial charge < -0.3 is 15.2 Å². The van der Waals surface area contributed by atoms with Gasteiger partial charge in [-0.05, 0) is 12.1 Å². The number of nitrogens with zero attached hydrogens (tertiary/aromatic N) is 1. The van der Waals surface area contributed by atoms with Gasteiger partial charge in [0.05, 0.1) is 13.2 Å². The van der Waals surface area contributed by atoms with E-state index in [0.29, 0.717) is 5.75 Å². The number of aliphatic hydroxyl groups excluding tert-OH is 1. The Morgan fingerprint density at radius 2 is 2.11 bits per heavy atom. The molecular formula is C14H22N2O2S. The molecule has 1 unspecified atom stereocenters. The highest BCUT2D eigenvalue weighted by atomic mass is 32.2. The number of hydrogen-bond acceptors (Lipinski definition) is 5. The van der Waals surface area contributed by atoms with Crippen LogP contribution < -0.4 is 10.1 Å². The standard InChI is InChI=1S/C14H22N2O2S/c1-18-13-4-2-3-5-14(13)19-11-12(17)10-16-8-6-15-7-9-16/h2-5,12,15,17H,6-11H2,1H3. The number of hydrogen-bond donors (Lipinski definition) is 2. The molecule has 4 nitrogen and oxygen atoms in total. The zero-order chi connectivity index (χ0) is 13.5. The first-order valence-corrected chi connectivity index (χ1v) is 7.65. The third kappa shape index (κ3) is 4.69. The van der Waals surface area contributed by atoms with Crippen LogP contribution in [0, 0.1) is 0 Å². The van der Waals surface area contributed by atoms with E-state index in [-0.39, 0.29) is 6.10 Å². The number of piperazine rings is 1.